The summed E-state index contributed by atoms with van der Waals surface area (Å²) < 4.78 is 61.5. The number of allylic oxidation sites excluding steroid dienone is 10. The van der Waals surface area contributed by atoms with Crippen molar-refractivity contribution < 1.29 is 92.7 Å². The number of hydrogen-bond donors (Lipinski definition) is 8. The molecule has 1 aromatic heterocycles. The number of aromatic nitrogens is 1. The van der Waals surface area contributed by atoms with Crippen LogP contribution in [0.2, 0.25) is 0 Å². The molecule has 0 aliphatic carbocycles. The monoisotopic (exact) mass is 1140 g/mol. The van der Waals surface area contributed by atoms with Gasteiger partial charge >= 0.3 is 0 Å². The van der Waals surface area contributed by atoms with Gasteiger partial charge in [0.2, 0.25) is 11.7 Å². The first-order chi connectivity index (χ1) is 38.3. The number of nitrogens with one attached hydrogen (secondary N) is 1. The van der Waals surface area contributed by atoms with Gasteiger partial charge in [-0.15, -0.1) is 0 Å². The third-order valence-corrected chi connectivity index (χ3v) is 15.8. The van der Waals surface area contributed by atoms with Crippen LogP contribution in [-0.4, -0.2) is 203 Å². The summed E-state index contributed by atoms with van der Waals surface area (Å²) >= 11 is 0. The number of aromatic hydroxyl groups is 1. The molecule has 4 aliphatic heterocycles. The first-order valence-electron chi connectivity index (χ1n) is 27.4. The summed E-state index contributed by atoms with van der Waals surface area (Å²) in [5.41, 5.74) is -1.14. The van der Waals surface area contributed by atoms with Crippen LogP contribution >= 0.6 is 0 Å². The zero-order valence-electron chi connectivity index (χ0n) is 48.9. The van der Waals surface area contributed by atoms with Gasteiger partial charge in [0.05, 0.1) is 42.5 Å². The Bertz CT molecular complexity index is 2520. The van der Waals surface area contributed by atoms with Crippen LogP contribution in [0.25, 0.3) is 0 Å². The predicted octanol–water partition coefficient (Wildman–Crippen LogP) is 2.75. The van der Waals surface area contributed by atoms with Crippen LogP contribution in [-0.2, 0) is 59.2 Å². The second kappa shape index (κ2) is 29.8. The number of aliphatic hydroxyl groups excluding tert-OH is 5. The molecule has 22 nitrogen and oxygen atoms in total. The molecule has 454 valence electrons. The van der Waals surface area contributed by atoms with E-state index in [-0.39, 0.29) is 24.1 Å². The summed E-state index contributed by atoms with van der Waals surface area (Å²) in [6.07, 6.45) is 1.89. The van der Waals surface area contributed by atoms with Gasteiger partial charge in [-0.3, -0.25) is 14.4 Å². The zero-order chi connectivity index (χ0) is 60.3. The minimum Gasteiger partial charge on any atom is -0.507 e. The quantitative estimate of drug-likeness (QED) is 0.0419. The Balaban J connectivity index is 1.24. The molecule has 0 saturated carbocycles. The van der Waals surface area contributed by atoms with E-state index in [1.54, 1.807) is 101 Å². The van der Waals surface area contributed by atoms with Crippen molar-refractivity contribution in [3.8, 4) is 5.75 Å². The fraction of sp³-hybridized carbons (Fsp3) is 0.644. The molecule has 0 aromatic carbocycles. The molecule has 0 spiro atoms. The van der Waals surface area contributed by atoms with E-state index >= 15 is 0 Å². The smallest absolute Gasteiger partial charge is 0.265 e. The van der Waals surface area contributed by atoms with Gasteiger partial charge < -0.3 is 93.0 Å². The summed E-state index contributed by atoms with van der Waals surface area (Å²) in [7, 11) is 7.22. The second-order valence-corrected chi connectivity index (χ2v) is 21.7. The highest BCUT2D eigenvalue weighted by molar-refractivity contribution is 6.09. The lowest BCUT2D eigenvalue weighted by molar-refractivity contribution is -0.399. The second-order valence-electron chi connectivity index (χ2n) is 21.7. The van der Waals surface area contributed by atoms with Gasteiger partial charge in [-0.25, -0.2) is 0 Å². The van der Waals surface area contributed by atoms with E-state index < -0.39 is 156 Å². The molecule has 1 aromatic rings. The predicted molar refractivity (Wildman–Crippen MR) is 296 cm³/mol. The molecular weight excluding hydrogens is 1060 g/mol. The van der Waals surface area contributed by atoms with Crippen LogP contribution < -0.4 is 10.9 Å². The van der Waals surface area contributed by atoms with Crippen LogP contribution in [0.15, 0.2) is 101 Å². The highest BCUT2D eigenvalue weighted by Gasteiger charge is 2.63. The van der Waals surface area contributed by atoms with Crippen LogP contribution in [0.4, 0.5) is 0 Å². The van der Waals surface area contributed by atoms with E-state index in [1.807, 2.05) is 20.8 Å². The summed E-state index contributed by atoms with van der Waals surface area (Å²) in [5, 5.41) is 82.6. The van der Waals surface area contributed by atoms with Crippen molar-refractivity contribution in [2.75, 3.05) is 35.0 Å². The number of ether oxygens (including phenoxy) is 10. The minimum atomic E-state index is -2.53. The lowest BCUT2D eigenvalue weighted by atomic mass is 9.70. The Labute approximate surface area is 474 Å². The normalized spacial score (nSPS) is 36.3. The number of rotatable bonds is 24. The molecular formula is C59H88N2O20. The maximum atomic E-state index is 14.1. The Morgan fingerprint density at radius 3 is 2.07 bits per heavy atom. The van der Waals surface area contributed by atoms with Gasteiger partial charge in [0.1, 0.15) is 72.4 Å². The number of methoxy groups -OCH3 is 4. The zero-order valence-corrected chi connectivity index (χ0v) is 48.9. The maximum Gasteiger partial charge on any atom is 0.265 e. The van der Waals surface area contributed by atoms with E-state index in [1.165, 1.54) is 65.3 Å². The molecule has 5 heterocycles. The summed E-state index contributed by atoms with van der Waals surface area (Å²) in [6, 6.07) is 1.27. The molecule has 1 amide bonds. The number of carbonyl (C=O) groups is 2. The molecule has 21 atom stereocenters. The average molecular weight is 1150 g/mol. The third-order valence-electron chi connectivity index (χ3n) is 15.8. The lowest BCUT2D eigenvalue weighted by Gasteiger charge is -2.55. The van der Waals surface area contributed by atoms with Crippen LogP contribution in [0.5, 0.6) is 5.75 Å². The molecule has 22 heteroatoms. The van der Waals surface area contributed by atoms with E-state index in [0.717, 1.165) is 5.57 Å². The molecule has 5 rings (SSSR count). The van der Waals surface area contributed by atoms with Gasteiger partial charge in [0, 0.05) is 59.6 Å². The molecule has 1 unspecified atom stereocenters. The van der Waals surface area contributed by atoms with E-state index in [9.17, 15) is 50.1 Å². The van der Waals surface area contributed by atoms with Crippen molar-refractivity contribution in [1.82, 2.24) is 9.88 Å². The van der Waals surface area contributed by atoms with Crippen molar-refractivity contribution in [1.29, 1.82) is 0 Å². The van der Waals surface area contributed by atoms with Crippen LogP contribution in [0.1, 0.15) is 79.1 Å². The Kier molecular flexibility index (Phi) is 24.7. The van der Waals surface area contributed by atoms with Crippen molar-refractivity contribution in [3.05, 3.63) is 112 Å². The fourth-order valence-electron chi connectivity index (χ4n) is 11.0. The highest BCUT2D eigenvalue weighted by Crippen LogP contribution is 2.47. The van der Waals surface area contributed by atoms with Crippen molar-refractivity contribution in [2.24, 2.45) is 24.3 Å². The van der Waals surface area contributed by atoms with Gasteiger partial charge in [-0.1, -0.05) is 101 Å². The van der Waals surface area contributed by atoms with Gasteiger partial charge in [-0.2, -0.15) is 0 Å². The molecule has 4 fully saturated rings. The largest absolute Gasteiger partial charge is 0.507 e. The van der Waals surface area contributed by atoms with Gasteiger partial charge in [0.25, 0.3) is 5.56 Å². The van der Waals surface area contributed by atoms with E-state index in [0.29, 0.717) is 0 Å². The first-order valence-corrected chi connectivity index (χ1v) is 27.4. The number of Topliss-reactive ketones (excluding diaryl/α,β-unsaturated/α-hetero) is 1. The number of ketones is 1. The fourth-order valence-corrected chi connectivity index (χ4v) is 11.0. The molecule has 81 heavy (non-hydrogen) atoms. The van der Waals surface area contributed by atoms with Gasteiger partial charge in [-0.05, 0) is 58.3 Å². The number of carbonyl (C=O) groups excluding carboxylic acids is 2. The summed E-state index contributed by atoms with van der Waals surface area (Å²) in [6.45, 7) is 15.6. The topological polar surface area (TPSA) is 302 Å². The summed E-state index contributed by atoms with van der Waals surface area (Å²) in [5.74, 6) is -6.00. The van der Waals surface area contributed by atoms with Crippen LogP contribution in [0.3, 0.4) is 0 Å². The molecule has 8 N–H and O–H groups in total. The summed E-state index contributed by atoms with van der Waals surface area (Å²) in [4.78, 5) is 39.4. The van der Waals surface area contributed by atoms with Gasteiger partial charge in [0.15, 0.2) is 18.4 Å². The molecule has 0 radical (unpaired) electrons. The Morgan fingerprint density at radius 2 is 1.44 bits per heavy atom. The number of aryl methyl sites for hydroxylation is 1. The number of hydrogen-bond acceptors (Lipinski definition) is 20. The maximum absolute atomic E-state index is 14.1. The van der Waals surface area contributed by atoms with E-state index in [4.69, 9.17) is 47.4 Å². The first kappa shape index (κ1) is 67.2. The Morgan fingerprint density at radius 1 is 0.802 bits per heavy atom. The molecule has 4 saturated heterocycles. The molecule has 4 aliphatic rings. The highest BCUT2D eigenvalue weighted by atomic mass is 16.8. The van der Waals surface area contributed by atoms with E-state index in [2.05, 4.69) is 5.32 Å². The number of nitrogens with zero attached hydrogens (tertiary/aromatic N) is 1. The standard InChI is InChI=1S/C59H88N2O20/c1-15-17-19-27-39-58(8,9)53(80-56-45(67)50(74-13)49(35(7)76-56)79-57-51(75-14)44(66)48(73-12)34(6)77-57)52(68)59(71,81-39)36(16-2)54(69)60-29-23-22-25-32(4)46(72-11)33(5)47-43(65)42(64)38(78-47)26-21-18-20-24-31(3)41(63)40-37(62)28-30-61(10)55(40)70/h15,17-28,30,33-36,38-39,42-53,56-57,62,64-68,71H,16,29H2,1-14H3,(H,60,69)/b17-15+,20-18+,23-22+,26-21+,27-19+,31-24+,32-25+/t33-,34+,35-,36-,38-,39+,42+,43+,44-,45-,46-,47+,48+,49?,50+,51-,52-,53+,56+,57+,59-/m1/s1. The number of pyridine rings is 1. The van der Waals surface area contributed by atoms with Crippen molar-refractivity contribution >= 4 is 11.7 Å². The number of aliphatic hydroxyl groups is 6. The average Bonchev–Trinajstić information content (AvgIpc) is 3.72. The van der Waals surface area contributed by atoms with Crippen molar-refractivity contribution in [3.63, 3.8) is 0 Å². The number of amides is 1. The minimum absolute atomic E-state index is 0.000641. The van der Waals surface area contributed by atoms with Crippen molar-refractivity contribution in [2.45, 2.75) is 185 Å². The SMILES string of the molecule is C/C=C/C=C/[C@@H]1O[C@](O)([C@H](CC)C(=O)NC/C=C/C=C(\C)[C@@H](OC)[C@@H](C)[C@@H]2O[C@H](/C=C/C=C/C=C(\C)C(=O)c3c(O)ccn(C)c3=O)[C@H](O)[C@@H]2O)[C@H](O)[C@H](O[C@@H]2O[C@H](C)C(O[C@@H]3O[C@@H](C)[C@H](OC)[C@@H](O)[C@H]3OC)[C@@H](OC)[C@H]2O)C1(C)C. The van der Waals surface area contributed by atoms with Crippen LogP contribution in [0, 0.1) is 17.3 Å². The third kappa shape index (κ3) is 15.0. The Hall–Kier alpha value is -4.57. The lowest BCUT2D eigenvalue weighted by Crippen LogP contribution is -2.71. The molecule has 0 bridgehead atoms.